The molecular weight excluding hydrogens is 267 g/mol. The molecule has 1 heterocycles. The van der Waals surface area contributed by atoms with E-state index in [2.05, 4.69) is 10.3 Å². The quantitative estimate of drug-likeness (QED) is 0.907. The van der Waals surface area contributed by atoms with Crippen LogP contribution >= 0.6 is 0 Å². The van der Waals surface area contributed by atoms with Crippen LogP contribution in [-0.2, 0) is 0 Å². The molecule has 0 aliphatic heterocycles. The molecule has 1 aromatic heterocycles. The maximum Gasteiger partial charge on any atom is 0.123 e. The minimum atomic E-state index is -0.697. The van der Waals surface area contributed by atoms with Gasteiger partial charge >= 0.3 is 0 Å². The molecule has 4 heteroatoms. The minimum absolute atomic E-state index is 0.0683. The average molecular weight is 288 g/mol. The third-order valence-electron chi connectivity index (χ3n) is 3.06. The summed E-state index contributed by atoms with van der Waals surface area (Å²) in [6.45, 7) is 6.53. The summed E-state index contributed by atoms with van der Waals surface area (Å²) in [5.41, 5.74) is 1.87. The van der Waals surface area contributed by atoms with Crippen LogP contribution in [0.4, 0.5) is 4.39 Å². The monoisotopic (exact) mass is 288 g/mol. The van der Waals surface area contributed by atoms with Crippen molar-refractivity contribution >= 4 is 0 Å². The molecule has 21 heavy (non-hydrogen) atoms. The summed E-state index contributed by atoms with van der Waals surface area (Å²) in [6.07, 6.45) is -0.697. The first-order valence-corrected chi connectivity index (χ1v) is 7.01. The van der Waals surface area contributed by atoms with Gasteiger partial charge in [-0.1, -0.05) is 18.2 Å². The normalized spacial score (nSPS) is 13.2. The standard InChI is InChI=1S/C17H21FN2O/c1-17(2,3)19-11-16(21)15-9-5-8-14(20-15)12-6-4-7-13(18)10-12/h4-10,16,19,21H,11H2,1-3H3/t16-/m0/s1. The number of hydrogen-bond acceptors (Lipinski definition) is 3. The Kier molecular flexibility index (Phi) is 4.70. The second-order valence-corrected chi connectivity index (χ2v) is 6.10. The van der Waals surface area contributed by atoms with E-state index in [1.165, 1.54) is 12.1 Å². The van der Waals surface area contributed by atoms with Crippen LogP contribution in [0.15, 0.2) is 42.5 Å². The molecule has 0 spiro atoms. The molecule has 0 saturated carbocycles. The van der Waals surface area contributed by atoms with Gasteiger partial charge in [-0.2, -0.15) is 0 Å². The van der Waals surface area contributed by atoms with Crippen LogP contribution in [0.3, 0.4) is 0 Å². The lowest BCUT2D eigenvalue weighted by atomic mass is 10.1. The van der Waals surface area contributed by atoms with E-state index in [4.69, 9.17) is 0 Å². The molecular formula is C17H21FN2O. The molecule has 2 N–H and O–H groups in total. The molecule has 0 radical (unpaired) electrons. The van der Waals surface area contributed by atoms with E-state index in [0.29, 0.717) is 23.5 Å². The van der Waals surface area contributed by atoms with Gasteiger partial charge in [0.25, 0.3) is 0 Å². The van der Waals surface area contributed by atoms with Crippen LogP contribution in [0.5, 0.6) is 0 Å². The Balaban J connectivity index is 2.18. The summed E-state index contributed by atoms with van der Waals surface area (Å²) in [5.74, 6) is -0.297. The number of aliphatic hydroxyl groups is 1. The molecule has 112 valence electrons. The number of aliphatic hydroxyl groups excluding tert-OH is 1. The van der Waals surface area contributed by atoms with E-state index in [-0.39, 0.29) is 11.4 Å². The molecule has 1 aromatic carbocycles. The van der Waals surface area contributed by atoms with Gasteiger partial charge in [0.2, 0.25) is 0 Å². The van der Waals surface area contributed by atoms with Crippen molar-refractivity contribution in [2.24, 2.45) is 0 Å². The van der Waals surface area contributed by atoms with Crippen molar-refractivity contribution < 1.29 is 9.50 Å². The zero-order chi connectivity index (χ0) is 15.5. The molecule has 3 nitrogen and oxygen atoms in total. The van der Waals surface area contributed by atoms with Gasteiger partial charge in [0, 0.05) is 17.6 Å². The molecule has 1 atom stereocenters. The summed E-state index contributed by atoms with van der Waals surface area (Å²) < 4.78 is 13.3. The van der Waals surface area contributed by atoms with Crippen molar-refractivity contribution in [1.29, 1.82) is 0 Å². The van der Waals surface area contributed by atoms with Crippen molar-refractivity contribution in [3.63, 3.8) is 0 Å². The first kappa shape index (κ1) is 15.6. The van der Waals surface area contributed by atoms with Crippen molar-refractivity contribution in [1.82, 2.24) is 10.3 Å². The number of nitrogens with one attached hydrogen (secondary N) is 1. The summed E-state index contributed by atoms with van der Waals surface area (Å²) in [4.78, 5) is 4.43. The minimum Gasteiger partial charge on any atom is -0.385 e. The van der Waals surface area contributed by atoms with Crippen molar-refractivity contribution in [2.75, 3.05) is 6.54 Å². The molecule has 0 unspecified atom stereocenters. The molecule has 0 saturated heterocycles. The Labute approximate surface area is 124 Å². The fraction of sp³-hybridized carbons (Fsp3) is 0.353. The predicted octanol–water partition coefficient (Wildman–Crippen LogP) is 3.31. The lowest BCUT2D eigenvalue weighted by molar-refractivity contribution is 0.159. The SMILES string of the molecule is CC(C)(C)NC[C@H](O)c1cccc(-c2cccc(F)c2)n1. The van der Waals surface area contributed by atoms with Gasteiger partial charge in [-0.15, -0.1) is 0 Å². The zero-order valence-electron chi connectivity index (χ0n) is 12.6. The van der Waals surface area contributed by atoms with Gasteiger partial charge in [0.1, 0.15) is 11.9 Å². The summed E-state index contributed by atoms with van der Waals surface area (Å²) >= 11 is 0. The van der Waals surface area contributed by atoms with E-state index < -0.39 is 6.10 Å². The van der Waals surface area contributed by atoms with Gasteiger partial charge < -0.3 is 10.4 Å². The van der Waals surface area contributed by atoms with E-state index in [9.17, 15) is 9.50 Å². The Morgan fingerprint density at radius 1 is 1.19 bits per heavy atom. The lowest BCUT2D eigenvalue weighted by Crippen LogP contribution is -2.38. The Morgan fingerprint density at radius 3 is 2.57 bits per heavy atom. The van der Waals surface area contributed by atoms with Crippen LogP contribution in [0, 0.1) is 5.82 Å². The van der Waals surface area contributed by atoms with Crippen LogP contribution < -0.4 is 5.32 Å². The molecule has 0 fully saturated rings. The molecule has 0 amide bonds. The Morgan fingerprint density at radius 2 is 1.90 bits per heavy atom. The van der Waals surface area contributed by atoms with Crippen molar-refractivity contribution in [3.8, 4) is 11.3 Å². The summed E-state index contributed by atoms with van der Waals surface area (Å²) in [5, 5.41) is 13.4. The molecule has 2 aromatic rings. The molecule has 0 aliphatic rings. The highest BCUT2D eigenvalue weighted by Gasteiger charge is 2.15. The maximum absolute atomic E-state index is 13.3. The largest absolute Gasteiger partial charge is 0.385 e. The second-order valence-electron chi connectivity index (χ2n) is 6.10. The van der Waals surface area contributed by atoms with Crippen molar-refractivity contribution in [3.05, 3.63) is 54.0 Å². The van der Waals surface area contributed by atoms with Gasteiger partial charge in [-0.25, -0.2) is 4.39 Å². The molecule has 0 aliphatic carbocycles. The highest BCUT2D eigenvalue weighted by molar-refractivity contribution is 5.59. The number of rotatable bonds is 4. The zero-order valence-corrected chi connectivity index (χ0v) is 12.6. The van der Waals surface area contributed by atoms with Gasteiger partial charge in [-0.3, -0.25) is 4.98 Å². The lowest BCUT2D eigenvalue weighted by Gasteiger charge is -2.22. The smallest absolute Gasteiger partial charge is 0.123 e. The third kappa shape index (κ3) is 4.62. The highest BCUT2D eigenvalue weighted by Crippen LogP contribution is 2.20. The van der Waals surface area contributed by atoms with E-state index >= 15 is 0 Å². The Hall–Kier alpha value is -1.78. The average Bonchev–Trinajstić information content (AvgIpc) is 2.44. The van der Waals surface area contributed by atoms with Crippen LogP contribution in [-0.4, -0.2) is 22.2 Å². The van der Waals surface area contributed by atoms with Crippen LogP contribution in [0.2, 0.25) is 0 Å². The third-order valence-corrected chi connectivity index (χ3v) is 3.06. The number of benzene rings is 1. The number of halogens is 1. The fourth-order valence-corrected chi connectivity index (χ4v) is 1.95. The summed E-state index contributed by atoms with van der Waals surface area (Å²) in [6, 6.07) is 11.7. The molecule has 2 rings (SSSR count). The maximum atomic E-state index is 13.3. The summed E-state index contributed by atoms with van der Waals surface area (Å²) in [7, 11) is 0. The molecule has 0 bridgehead atoms. The topological polar surface area (TPSA) is 45.1 Å². The van der Waals surface area contributed by atoms with Crippen LogP contribution in [0.25, 0.3) is 11.3 Å². The first-order valence-electron chi connectivity index (χ1n) is 7.01. The highest BCUT2D eigenvalue weighted by atomic mass is 19.1. The van der Waals surface area contributed by atoms with Gasteiger partial charge in [0.05, 0.1) is 11.4 Å². The first-order chi connectivity index (χ1) is 9.85. The van der Waals surface area contributed by atoms with E-state index in [1.54, 1.807) is 18.2 Å². The number of aromatic nitrogens is 1. The second kappa shape index (κ2) is 6.33. The number of nitrogens with zero attached hydrogens (tertiary/aromatic N) is 1. The van der Waals surface area contributed by atoms with Crippen molar-refractivity contribution in [2.45, 2.75) is 32.4 Å². The van der Waals surface area contributed by atoms with Gasteiger partial charge in [0.15, 0.2) is 0 Å². The predicted molar refractivity (Wildman–Crippen MR) is 82.3 cm³/mol. The van der Waals surface area contributed by atoms with Crippen LogP contribution in [0.1, 0.15) is 32.6 Å². The van der Waals surface area contributed by atoms with E-state index in [1.807, 2.05) is 32.9 Å². The number of β-amino-alcohol motifs (C(OH)–C–C–N with tert-alkyl or cyclic N) is 1. The van der Waals surface area contributed by atoms with Gasteiger partial charge in [-0.05, 0) is 45.0 Å². The van der Waals surface area contributed by atoms with E-state index in [0.717, 1.165) is 0 Å². The Bertz CT molecular complexity index is 608. The fourth-order valence-electron chi connectivity index (χ4n) is 1.95. The number of pyridine rings is 1. The number of hydrogen-bond donors (Lipinski definition) is 2.